The summed E-state index contributed by atoms with van der Waals surface area (Å²) in [5, 5.41) is 6.76. The second kappa shape index (κ2) is 9.52. The second-order valence-electron chi connectivity index (χ2n) is 8.04. The number of nitrogens with two attached hydrogens (primary N) is 1. The highest BCUT2D eigenvalue weighted by Gasteiger charge is 2.24. The molecule has 0 aliphatic heterocycles. The summed E-state index contributed by atoms with van der Waals surface area (Å²) in [6.07, 6.45) is 1.86. The molecule has 5 N–H and O–H groups in total. The fourth-order valence-electron chi connectivity index (χ4n) is 3.69. The molecule has 1 atom stereocenters. The zero-order valence-corrected chi connectivity index (χ0v) is 18.6. The predicted octanol–water partition coefficient (Wildman–Crippen LogP) is 2.81. The fraction of sp³-hybridized carbons (Fsp3) is 0.200. The molecule has 4 rings (SSSR count). The van der Waals surface area contributed by atoms with E-state index in [-0.39, 0.29) is 24.8 Å². The van der Waals surface area contributed by atoms with Crippen LogP contribution < -0.4 is 16.4 Å². The molecule has 0 radical (unpaired) electrons. The van der Waals surface area contributed by atoms with E-state index in [1.165, 1.54) is 0 Å². The summed E-state index contributed by atoms with van der Waals surface area (Å²) >= 11 is 0. The number of aromatic nitrogens is 3. The van der Waals surface area contributed by atoms with Gasteiger partial charge in [-0.05, 0) is 49.2 Å². The van der Waals surface area contributed by atoms with Gasteiger partial charge < -0.3 is 21.4 Å². The van der Waals surface area contributed by atoms with Crippen LogP contribution in [0.2, 0.25) is 0 Å². The number of amides is 2. The van der Waals surface area contributed by atoms with Crippen molar-refractivity contribution in [3.8, 4) is 0 Å². The Morgan fingerprint density at radius 3 is 2.64 bits per heavy atom. The normalized spacial score (nSPS) is 11.8. The Hall–Kier alpha value is -4.20. The van der Waals surface area contributed by atoms with Crippen molar-refractivity contribution in [1.29, 1.82) is 0 Å². The van der Waals surface area contributed by atoms with E-state index in [1.807, 2.05) is 56.3 Å². The topological polar surface area (TPSA) is 126 Å². The average molecular weight is 443 g/mol. The number of carbonyl (C=O) groups excluding carboxylic acids is 2. The first kappa shape index (κ1) is 22.0. The molecule has 1 aromatic carbocycles. The van der Waals surface area contributed by atoms with Crippen molar-refractivity contribution in [3.63, 3.8) is 0 Å². The van der Waals surface area contributed by atoms with Crippen LogP contribution in [-0.2, 0) is 17.8 Å². The molecule has 0 aliphatic rings. The monoisotopic (exact) mass is 442 g/mol. The van der Waals surface area contributed by atoms with Gasteiger partial charge in [0.15, 0.2) is 0 Å². The second-order valence-corrected chi connectivity index (χ2v) is 8.04. The number of nitrogens with zero attached hydrogens (tertiary/aromatic N) is 2. The number of para-hydroxylation sites is 1. The van der Waals surface area contributed by atoms with Gasteiger partial charge in [0.2, 0.25) is 5.91 Å². The fourth-order valence-corrected chi connectivity index (χ4v) is 3.69. The Labute approximate surface area is 191 Å². The average Bonchev–Trinajstić information content (AvgIpc) is 3.16. The van der Waals surface area contributed by atoms with E-state index >= 15 is 0 Å². The minimum atomic E-state index is -0.809. The van der Waals surface area contributed by atoms with Crippen molar-refractivity contribution in [2.24, 2.45) is 0 Å². The largest absolute Gasteiger partial charge is 0.384 e. The summed E-state index contributed by atoms with van der Waals surface area (Å²) < 4.78 is 0. The van der Waals surface area contributed by atoms with Gasteiger partial charge in [-0.3, -0.25) is 14.6 Å². The third-order valence-corrected chi connectivity index (χ3v) is 5.38. The first-order valence-corrected chi connectivity index (χ1v) is 10.7. The molecule has 4 aromatic rings. The van der Waals surface area contributed by atoms with Crippen molar-refractivity contribution in [2.45, 2.75) is 32.9 Å². The lowest BCUT2D eigenvalue weighted by Crippen LogP contribution is -2.48. The molecule has 0 spiro atoms. The molecule has 0 bridgehead atoms. The predicted molar refractivity (Wildman–Crippen MR) is 127 cm³/mol. The van der Waals surface area contributed by atoms with Gasteiger partial charge in [-0.2, -0.15) is 0 Å². The molecule has 0 unspecified atom stereocenters. The zero-order valence-electron chi connectivity index (χ0n) is 18.6. The number of hydrogen-bond donors (Lipinski definition) is 4. The summed E-state index contributed by atoms with van der Waals surface area (Å²) in [5.74, 6) is -0.235. The maximum atomic E-state index is 13.1. The van der Waals surface area contributed by atoms with Crippen LogP contribution >= 0.6 is 0 Å². The number of carbonyl (C=O) groups is 2. The molecule has 0 fully saturated rings. The summed E-state index contributed by atoms with van der Waals surface area (Å²) in [5.41, 5.74) is 10.1. The van der Waals surface area contributed by atoms with Gasteiger partial charge in [-0.15, -0.1) is 0 Å². The number of aromatic amines is 1. The van der Waals surface area contributed by atoms with E-state index in [4.69, 9.17) is 5.73 Å². The smallest absolute Gasteiger partial charge is 0.268 e. The summed E-state index contributed by atoms with van der Waals surface area (Å²) in [4.78, 5) is 37.8. The highest BCUT2D eigenvalue weighted by Crippen LogP contribution is 2.14. The third kappa shape index (κ3) is 5.35. The Morgan fingerprint density at radius 1 is 1.09 bits per heavy atom. The molecule has 0 aliphatic carbocycles. The standard InChI is InChI=1S/C25H26N6O2/c1-15-11-16(2)29-23(15)25(33)31-21(24(32)28-14-17-7-10-22(26)27-13-17)12-19-9-8-18-5-3-4-6-20(18)30-19/h3-11,13,21,29H,12,14H2,1-2H3,(H2,26,27)(H,28,32)(H,31,33)/t21-/m0/s1. The minimum absolute atomic E-state index is 0.251. The maximum absolute atomic E-state index is 13.1. The first-order chi connectivity index (χ1) is 15.9. The summed E-state index contributed by atoms with van der Waals surface area (Å²) in [7, 11) is 0. The molecule has 8 nitrogen and oxygen atoms in total. The maximum Gasteiger partial charge on any atom is 0.268 e. The van der Waals surface area contributed by atoms with Gasteiger partial charge in [0.05, 0.1) is 5.52 Å². The molecule has 33 heavy (non-hydrogen) atoms. The molecular formula is C25H26N6O2. The molecular weight excluding hydrogens is 416 g/mol. The molecule has 0 saturated carbocycles. The number of benzene rings is 1. The Morgan fingerprint density at radius 2 is 1.91 bits per heavy atom. The molecule has 8 heteroatoms. The number of rotatable bonds is 7. The van der Waals surface area contributed by atoms with Crippen LogP contribution in [0.4, 0.5) is 5.82 Å². The van der Waals surface area contributed by atoms with E-state index in [9.17, 15) is 9.59 Å². The van der Waals surface area contributed by atoms with Crippen LogP contribution in [0.5, 0.6) is 0 Å². The van der Waals surface area contributed by atoms with E-state index in [2.05, 4.69) is 25.6 Å². The van der Waals surface area contributed by atoms with Crippen molar-refractivity contribution in [3.05, 3.63) is 89.0 Å². The van der Waals surface area contributed by atoms with Crippen molar-refractivity contribution < 1.29 is 9.59 Å². The third-order valence-electron chi connectivity index (χ3n) is 5.38. The highest BCUT2D eigenvalue weighted by molar-refractivity contribution is 5.97. The lowest BCUT2D eigenvalue weighted by molar-refractivity contribution is -0.123. The Balaban J connectivity index is 1.54. The van der Waals surface area contributed by atoms with Gasteiger partial charge in [-0.1, -0.05) is 30.3 Å². The number of fused-ring (bicyclic) bond motifs is 1. The van der Waals surface area contributed by atoms with Gasteiger partial charge in [0, 0.05) is 35.9 Å². The van der Waals surface area contributed by atoms with Gasteiger partial charge in [0.1, 0.15) is 17.6 Å². The first-order valence-electron chi connectivity index (χ1n) is 10.7. The molecule has 3 aromatic heterocycles. The van der Waals surface area contributed by atoms with Crippen LogP contribution in [0.3, 0.4) is 0 Å². The van der Waals surface area contributed by atoms with Crippen LogP contribution in [0.1, 0.15) is 33.0 Å². The van der Waals surface area contributed by atoms with Crippen molar-refractivity contribution in [2.75, 3.05) is 5.73 Å². The lowest BCUT2D eigenvalue weighted by Gasteiger charge is -2.18. The van der Waals surface area contributed by atoms with Crippen LogP contribution in [-0.4, -0.2) is 32.8 Å². The zero-order chi connectivity index (χ0) is 23.4. The van der Waals surface area contributed by atoms with Crippen molar-refractivity contribution >= 4 is 28.5 Å². The number of hydrogen-bond acceptors (Lipinski definition) is 5. The van der Waals surface area contributed by atoms with E-state index in [1.54, 1.807) is 18.3 Å². The number of aryl methyl sites for hydroxylation is 2. The van der Waals surface area contributed by atoms with Crippen LogP contribution in [0.25, 0.3) is 10.9 Å². The number of pyridine rings is 2. The number of nitrogens with one attached hydrogen (secondary N) is 3. The van der Waals surface area contributed by atoms with E-state index in [0.29, 0.717) is 17.2 Å². The molecule has 168 valence electrons. The number of H-pyrrole nitrogens is 1. The lowest BCUT2D eigenvalue weighted by atomic mass is 10.1. The molecule has 2 amide bonds. The van der Waals surface area contributed by atoms with Crippen molar-refractivity contribution in [1.82, 2.24) is 25.6 Å². The van der Waals surface area contributed by atoms with Gasteiger partial charge in [0.25, 0.3) is 5.91 Å². The highest BCUT2D eigenvalue weighted by atomic mass is 16.2. The minimum Gasteiger partial charge on any atom is -0.384 e. The number of anilines is 1. The summed E-state index contributed by atoms with van der Waals surface area (Å²) in [6, 6.07) is 16.2. The Bertz CT molecular complexity index is 1300. The summed E-state index contributed by atoms with van der Waals surface area (Å²) in [6.45, 7) is 4.00. The molecule has 0 saturated heterocycles. The van der Waals surface area contributed by atoms with Gasteiger partial charge >= 0.3 is 0 Å². The number of nitrogen functional groups attached to an aromatic ring is 1. The Kier molecular flexibility index (Phi) is 6.35. The van der Waals surface area contributed by atoms with E-state index in [0.717, 1.165) is 27.7 Å². The SMILES string of the molecule is Cc1cc(C)c(C(=O)N[C@@H](Cc2ccc3ccccc3n2)C(=O)NCc2ccc(N)nc2)[nH]1. The van der Waals surface area contributed by atoms with E-state index < -0.39 is 6.04 Å². The van der Waals surface area contributed by atoms with Crippen LogP contribution in [0.15, 0.2) is 60.8 Å². The quantitative estimate of drug-likeness (QED) is 0.350. The van der Waals surface area contributed by atoms with Crippen LogP contribution in [0, 0.1) is 13.8 Å². The van der Waals surface area contributed by atoms with Gasteiger partial charge in [-0.25, -0.2) is 4.98 Å². The molecule has 3 heterocycles.